The lowest BCUT2D eigenvalue weighted by Gasteiger charge is -2.15. The van der Waals surface area contributed by atoms with Crippen LogP contribution in [0.3, 0.4) is 0 Å². The summed E-state index contributed by atoms with van der Waals surface area (Å²) >= 11 is -0.317. The van der Waals surface area contributed by atoms with Crippen molar-refractivity contribution in [2.45, 2.75) is 18.0 Å². The fourth-order valence-corrected chi connectivity index (χ4v) is 2.47. The molecule has 0 bridgehead atoms. The van der Waals surface area contributed by atoms with Gasteiger partial charge in [0.25, 0.3) is 5.91 Å². The van der Waals surface area contributed by atoms with Crippen molar-refractivity contribution in [3.8, 4) is 17.2 Å². The van der Waals surface area contributed by atoms with Gasteiger partial charge in [-0.1, -0.05) is 16.9 Å². The van der Waals surface area contributed by atoms with Gasteiger partial charge in [0.2, 0.25) is 5.75 Å². The Labute approximate surface area is 146 Å². The van der Waals surface area contributed by atoms with E-state index >= 15 is 0 Å². The van der Waals surface area contributed by atoms with Gasteiger partial charge in [-0.25, -0.2) is 0 Å². The van der Waals surface area contributed by atoms with Crippen molar-refractivity contribution in [2.24, 2.45) is 5.18 Å². The van der Waals surface area contributed by atoms with Gasteiger partial charge in [-0.05, 0) is 6.42 Å². The molecule has 1 N–H and O–H groups in total. The molecule has 11 heteroatoms. The molecular formula is C14H17F3N2O5S. The number of methoxy groups -OCH3 is 3. The van der Waals surface area contributed by atoms with Crippen LogP contribution < -0.4 is 19.5 Å². The van der Waals surface area contributed by atoms with E-state index < -0.39 is 23.2 Å². The molecule has 1 rings (SSSR count). The molecule has 140 valence electrons. The predicted octanol–water partition coefficient (Wildman–Crippen LogP) is 3.43. The number of hydrogen-bond acceptors (Lipinski definition) is 7. The van der Waals surface area contributed by atoms with Crippen LogP contribution in [0.2, 0.25) is 0 Å². The average Bonchev–Trinajstić information content (AvgIpc) is 2.56. The first-order valence-electron chi connectivity index (χ1n) is 6.89. The highest BCUT2D eigenvalue weighted by Gasteiger charge is 2.29. The van der Waals surface area contributed by atoms with Crippen LogP contribution in [0.4, 0.5) is 18.9 Å². The van der Waals surface area contributed by atoms with Crippen molar-refractivity contribution < 1.29 is 32.2 Å². The van der Waals surface area contributed by atoms with E-state index in [1.807, 2.05) is 0 Å². The van der Waals surface area contributed by atoms with Crippen LogP contribution in [-0.2, 0) is 4.79 Å². The topological polar surface area (TPSA) is 86.2 Å². The average molecular weight is 382 g/mol. The number of anilines is 1. The maximum atomic E-state index is 12.1. The number of nitrogens with one attached hydrogen (secondary N) is 1. The maximum Gasteiger partial charge on any atom is 0.441 e. The third-order valence-corrected chi connectivity index (χ3v) is 3.79. The molecule has 0 aliphatic heterocycles. The molecule has 1 atom stereocenters. The van der Waals surface area contributed by atoms with Crippen molar-refractivity contribution in [3.63, 3.8) is 0 Å². The molecule has 7 nitrogen and oxygen atoms in total. The minimum absolute atomic E-state index is 0.219. The fraction of sp³-hybridized carbons (Fsp3) is 0.500. The highest BCUT2D eigenvalue weighted by Crippen LogP contribution is 2.40. The van der Waals surface area contributed by atoms with E-state index in [2.05, 4.69) is 10.5 Å². The second-order valence-corrected chi connectivity index (χ2v) is 5.77. The van der Waals surface area contributed by atoms with Crippen molar-refractivity contribution in [1.29, 1.82) is 0 Å². The molecule has 0 heterocycles. The monoisotopic (exact) mass is 382 g/mol. The lowest BCUT2D eigenvalue weighted by Crippen LogP contribution is -2.27. The van der Waals surface area contributed by atoms with Gasteiger partial charge in [-0.15, -0.1) is 4.91 Å². The van der Waals surface area contributed by atoms with Crippen molar-refractivity contribution in [3.05, 3.63) is 17.0 Å². The first kappa shape index (κ1) is 20.9. The largest absolute Gasteiger partial charge is 0.493 e. The van der Waals surface area contributed by atoms with Gasteiger partial charge in [0, 0.05) is 23.6 Å². The summed E-state index contributed by atoms with van der Waals surface area (Å²) in [7, 11) is 4.17. The Kier molecular flexibility index (Phi) is 7.81. The summed E-state index contributed by atoms with van der Waals surface area (Å²) in [5.41, 5.74) is -4.21. The standard InChI is InChI=1S/C14H17F3N2O5S/c1-22-10-6-8(7-11(23-2)12(10)24-3)18-13(20)9(19-21)4-5-25-14(15,16)17/h6-7,9H,4-5H2,1-3H3,(H,18,20)/t9-/m0/s1. The summed E-state index contributed by atoms with van der Waals surface area (Å²) in [4.78, 5) is 22.8. The Morgan fingerprint density at radius 2 is 1.76 bits per heavy atom. The first-order chi connectivity index (χ1) is 11.8. The summed E-state index contributed by atoms with van der Waals surface area (Å²) in [6.45, 7) is 0. The SMILES string of the molecule is COc1cc(NC(=O)[C@H](CCSC(F)(F)F)N=O)cc(OC)c1OC. The second kappa shape index (κ2) is 9.35. The Morgan fingerprint density at radius 1 is 1.20 bits per heavy atom. The van der Waals surface area contributed by atoms with E-state index in [1.54, 1.807) is 0 Å². The van der Waals surface area contributed by atoms with Gasteiger partial charge in [0.15, 0.2) is 17.5 Å². The smallest absolute Gasteiger partial charge is 0.441 e. The Bertz CT molecular complexity index is 588. The third kappa shape index (κ3) is 6.33. The molecule has 0 spiro atoms. The number of carbonyl (C=O) groups excluding carboxylic acids is 1. The Hall–Kier alpha value is -2.17. The quantitative estimate of drug-likeness (QED) is 0.659. The number of nitroso groups, excluding NO2 is 1. The molecule has 0 unspecified atom stereocenters. The first-order valence-corrected chi connectivity index (χ1v) is 7.88. The van der Waals surface area contributed by atoms with E-state index in [4.69, 9.17) is 14.2 Å². The van der Waals surface area contributed by atoms with Crippen LogP contribution in [0.15, 0.2) is 17.3 Å². The normalized spacial score (nSPS) is 12.2. The molecule has 0 radical (unpaired) electrons. The van der Waals surface area contributed by atoms with Gasteiger partial charge in [-0.2, -0.15) is 13.2 Å². The summed E-state index contributed by atoms with van der Waals surface area (Å²) in [6.07, 6.45) is -0.343. The zero-order chi connectivity index (χ0) is 19.0. The molecule has 1 aromatic rings. The van der Waals surface area contributed by atoms with E-state index in [1.165, 1.54) is 33.5 Å². The van der Waals surface area contributed by atoms with Crippen LogP contribution in [0.5, 0.6) is 17.2 Å². The molecule has 0 fully saturated rings. The molecule has 1 aromatic carbocycles. The minimum atomic E-state index is -4.43. The molecule has 0 aliphatic carbocycles. The minimum Gasteiger partial charge on any atom is -0.493 e. The van der Waals surface area contributed by atoms with Gasteiger partial charge in [-0.3, -0.25) is 4.79 Å². The van der Waals surface area contributed by atoms with E-state index in [0.29, 0.717) is 5.75 Å². The number of halogens is 3. The van der Waals surface area contributed by atoms with Crippen LogP contribution in [-0.4, -0.2) is 44.5 Å². The number of hydrogen-bond donors (Lipinski definition) is 1. The number of carbonyl (C=O) groups is 1. The van der Waals surface area contributed by atoms with E-state index in [0.717, 1.165) is 0 Å². The zero-order valence-corrected chi connectivity index (χ0v) is 14.5. The van der Waals surface area contributed by atoms with Crippen LogP contribution in [0.25, 0.3) is 0 Å². The Morgan fingerprint density at radius 3 is 2.16 bits per heavy atom. The maximum absolute atomic E-state index is 12.1. The van der Waals surface area contributed by atoms with Crippen molar-refractivity contribution in [1.82, 2.24) is 0 Å². The number of amides is 1. The fourth-order valence-electron chi connectivity index (χ4n) is 1.90. The molecule has 0 saturated carbocycles. The van der Waals surface area contributed by atoms with E-state index in [9.17, 15) is 22.9 Å². The Balaban J connectivity index is 2.85. The number of nitrogens with zero attached hydrogens (tertiary/aromatic N) is 1. The highest BCUT2D eigenvalue weighted by molar-refractivity contribution is 8.00. The molecule has 1 amide bonds. The lowest BCUT2D eigenvalue weighted by atomic mass is 10.2. The van der Waals surface area contributed by atoms with Crippen LogP contribution in [0.1, 0.15) is 6.42 Å². The molecule has 0 aliphatic rings. The van der Waals surface area contributed by atoms with Crippen LogP contribution >= 0.6 is 11.8 Å². The predicted molar refractivity (Wildman–Crippen MR) is 87.4 cm³/mol. The number of rotatable bonds is 9. The highest BCUT2D eigenvalue weighted by atomic mass is 32.2. The second-order valence-electron chi connectivity index (χ2n) is 4.61. The van der Waals surface area contributed by atoms with Crippen molar-refractivity contribution >= 4 is 23.4 Å². The lowest BCUT2D eigenvalue weighted by molar-refractivity contribution is -0.117. The summed E-state index contributed by atoms with van der Waals surface area (Å²) in [5, 5.41) is 5.00. The summed E-state index contributed by atoms with van der Waals surface area (Å²) in [5.74, 6) is -0.453. The van der Waals surface area contributed by atoms with Gasteiger partial charge in [0.05, 0.1) is 21.3 Å². The van der Waals surface area contributed by atoms with Crippen molar-refractivity contribution in [2.75, 3.05) is 32.4 Å². The molecule has 0 aromatic heterocycles. The van der Waals surface area contributed by atoms with Gasteiger partial charge in [0.1, 0.15) is 0 Å². The van der Waals surface area contributed by atoms with Crippen LogP contribution in [0, 0.1) is 4.91 Å². The summed E-state index contributed by atoms with van der Waals surface area (Å²) in [6, 6.07) is 1.39. The zero-order valence-electron chi connectivity index (χ0n) is 13.7. The number of thioether (sulfide) groups is 1. The molecule has 25 heavy (non-hydrogen) atoms. The molecular weight excluding hydrogens is 365 g/mol. The third-order valence-electron chi connectivity index (χ3n) is 3.02. The number of benzene rings is 1. The molecule has 0 saturated heterocycles. The van der Waals surface area contributed by atoms with Gasteiger partial charge < -0.3 is 19.5 Å². The number of alkyl halides is 3. The van der Waals surface area contributed by atoms with E-state index in [-0.39, 0.29) is 35.4 Å². The number of ether oxygens (including phenoxy) is 3. The van der Waals surface area contributed by atoms with Gasteiger partial charge >= 0.3 is 5.51 Å². The summed E-state index contributed by atoms with van der Waals surface area (Å²) < 4.78 is 51.7.